The number of esters is 1. The molecule has 5 nitrogen and oxygen atoms in total. The maximum Gasteiger partial charge on any atom is 0.341 e. The van der Waals surface area contributed by atoms with E-state index >= 15 is 0 Å². The molecule has 0 spiro atoms. The van der Waals surface area contributed by atoms with Gasteiger partial charge >= 0.3 is 5.97 Å². The van der Waals surface area contributed by atoms with E-state index in [2.05, 4.69) is 9.72 Å². The van der Waals surface area contributed by atoms with Crippen molar-refractivity contribution in [1.29, 1.82) is 5.26 Å². The summed E-state index contributed by atoms with van der Waals surface area (Å²) in [5, 5.41) is 18.1. The van der Waals surface area contributed by atoms with Gasteiger partial charge in [0.25, 0.3) is 6.43 Å². The van der Waals surface area contributed by atoms with Crippen molar-refractivity contribution >= 4 is 5.97 Å². The largest absolute Gasteiger partial charge is 0.505 e. The van der Waals surface area contributed by atoms with Crippen molar-refractivity contribution in [3.8, 4) is 11.8 Å². The Balaban J connectivity index is 3.32. The van der Waals surface area contributed by atoms with Crippen LogP contribution in [0.25, 0.3) is 0 Å². The Bertz CT molecular complexity index is 483. The van der Waals surface area contributed by atoms with Crippen molar-refractivity contribution in [3.63, 3.8) is 0 Å². The molecule has 0 atom stereocenters. The van der Waals surface area contributed by atoms with Crippen molar-refractivity contribution in [3.05, 3.63) is 23.0 Å². The molecule has 0 fully saturated rings. The monoisotopic (exact) mass is 242 g/mol. The van der Waals surface area contributed by atoms with Crippen molar-refractivity contribution in [2.24, 2.45) is 0 Å². The Morgan fingerprint density at radius 1 is 1.71 bits per heavy atom. The van der Waals surface area contributed by atoms with Gasteiger partial charge in [0, 0.05) is 6.20 Å². The highest BCUT2D eigenvalue weighted by molar-refractivity contribution is 5.92. The number of nitrogens with zero attached hydrogens (tertiary/aromatic N) is 2. The molecule has 0 unspecified atom stereocenters. The zero-order valence-electron chi connectivity index (χ0n) is 8.78. The summed E-state index contributed by atoms with van der Waals surface area (Å²) in [6.45, 7) is 1.60. The summed E-state index contributed by atoms with van der Waals surface area (Å²) < 4.78 is 29.4. The number of aromatic hydroxyl groups is 1. The Kier molecular flexibility index (Phi) is 3.93. The van der Waals surface area contributed by atoms with E-state index in [1.54, 1.807) is 6.92 Å². The van der Waals surface area contributed by atoms with Gasteiger partial charge in [-0.1, -0.05) is 0 Å². The molecular formula is C10H8F2N2O3. The minimum absolute atomic E-state index is 0.0566. The Hall–Kier alpha value is -2.23. The van der Waals surface area contributed by atoms with Gasteiger partial charge in [0.05, 0.1) is 12.2 Å². The quantitative estimate of drug-likeness (QED) is 0.816. The van der Waals surface area contributed by atoms with Crippen molar-refractivity contribution in [2.45, 2.75) is 13.3 Å². The third-order valence-corrected chi connectivity index (χ3v) is 1.90. The number of carbonyl (C=O) groups is 1. The van der Waals surface area contributed by atoms with Crippen LogP contribution in [-0.4, -0.2) is 22.7 Å². The highest BCUT2D eigenvalue weighted by Crippen LogP contribution is 2.30. The molecule has 7 heteroatoms. The molecular weight excluding hydrogens is 234 g/mol. The molecule has 17 heavy (non-hydrogen) atoms. The second-order valence-electron chi connectivity index (χ2n) is 2.91. The molecule has 0 radical (unpaired) electrons. The van der Waals surface area contributed by atoms with Crippen LogP contribution in [0.4, 0.5) is 8.78 Å². The van der Waals surface area contributed by atoms with Gasteiger partial charge in [0.2, 0.25) is 0 Å². The smallest absolute Gasteiger partial charge is 0.341 e. The highest BCUT2D eigenvalue weighted by Gasteiger charge is 2.24. The number of rotatable bonds is 3. The molecule has 1 N–H and O–H groups in total. The number of hydrogen-bond donors (Lipinski definition) is 1. The van der Waals surface area contributed by atoms with E-state index in [0.29, 0.717) is 0 Å². The first-order valence-electron chi connectivity index (χ1n) is 4.60. The number of nitriles is 1. The second-order valence-corrected chi connectivity index (χ2v) is 2.91. The normalized spacial score (nSPS) is 10.1. The Labute approximate surface area is 95.3 Å². The van der Waals surface area contributed by atoms with E-state index in [9.17, 15) is 18.7 Å². The molecule has 0 aromatic carbocycles. The first-order valence-corrected chi connectivity index (χ1v) is 4.60. The van der Waals surface area contributed by atoms with E-state index < -0.39 is 29.4 Å². The van der Waals surface area contributed by atoms with E-state index in [1.807, 2.05) is 0 Å². The number of halogens is 2. The third kappa shape index (κ3) is 2.47. The maximum atomic E-state index is 12.4. The van der Waals surface area contributed by atoms with Crippen LogP contribution < -0.4 is 0 Å². The van der Waals surface area contributed by atoms with Crippen LogP contribution >= 0.6 is 0 Å². The molecule has 0 saturated carbocycles. The number of ether oxygens (including phenoxy) is 1. The van der Waals surface area contributed by atoms with Gasteiger partial charge < -0.3 is 9.84 Å². The van der Waals surface area contributed by atoms with Crippen molar-refractivity contribution in [2.75, 3.05) is 6.61 Å². The Morgan fingerprint density at radius 2 is 2.35 bits per heavy atom. The topological polar surface area (TPSA) is 83.2 Å². The zero-order chi connectivity index (χ0) is 13.0. The predicted molar refractivity (Wildman–Crippen MR) is 51.5 cm³/mol. The summed E-state index contributed by atoms with van der Waals surface area (Å²) >= 11 is 0. The highest BCUT2D eigenvalue weighted by atomic mass is 19.3. The Morgan fingerprint density at radius 3 is 2.82 bits per heavy atom. The van der Waals surface area contributed by atoms with E-state index in [4.69, 9.17) is 5.26 Å². The van der Waals surface area contributed by atoms with Crippen LogP contribution in [0.2, 0.25) is 0 Å². The van der Waals surface area contributed by atoms with Gasteiger partial charge in [-0.15, -0.1) is 0 Å². The lowest BCUT2D eigenvalue weighted by Crippen LogP contribution is -2.09. The molecule has 0 aliphatic heterocycles. The molecule has 1 rings (SSSR count). The third-order valence-electron chi connectivity index (χ3n) is 1.90. The zero-order valence-corrected chi connectivity index (χ0v) is 8.78. The summed E-state index contributed by atoms with van der Waals surface area (Å²) in [5.74, 6) is -1.89. The van der Waals surface area contributed by atoms with Crippen molar-refractivity contribution in [1.82, 2.24) is 4.98 Å². The summed E-state index contributed by atoms with van der Waals surface area (Å²) in [5.41, 5.74) is -1.83. The standard InChI is InChI=1S/C10H8F2N2O3/c1-2-17-10(16)6-4-14-7(9(11)12)8(15)5(6)3-13/h4,9,15H,2H2,1H3. The van der Waals surface area contributed by atoms with Gasteiger partial charge in [0.15, 0.2) is 5.75 Å². The lowest BCUT2D eigenvalue weighted by atomic mass is 10.1. The van der Waals surface area contributed by atoms with Crippen molar-refractivity contribution < 1.29 is 23.4 Å². The van der Waals surface area contributed by atoms with Gasteiger partial charge in [-0.05, 0) is 6.92 Å². The fourth-order valence-corrected chi connectivity index (χ4v) is 1.15. The maximum absolute atomic E-state index is 12.4. The number of carbonyl (C=O) groups excluding carboxylic acids is 1. The van der Waals surface area contributed by atoms with Crippen LogP contribution in [0, 0.1) is 11.3 Å². The van der Waals surface area contributed by atoms with Gasteiger partial charge in [-0.2, -0.15) is 5.26 Å². The van der Waals surface area contributed by atoms with Gasteiger partial charge in [-0.3, -0.25) is 4.98 Å². The summed E-state index contributed by atoms with van der Waals surface area (Å²) in [6, 6.07) is 1.47. The first-order chi connectivity index (χ1) is 8.02. The molecule has 0 bridgehead atoms. The molecule has 0 amide bonds. The molecule has 1 aromatic rings. The fraction of sp³-hybridized carbons (Fsp3) is 0.300. The molecule has 1 heterocycles. The van der Waals surface area contributed by atoms with Crippen LogP contribution in [0.3, 0.4) is 0 Å². The second kappa shape index (κ2) is 5.21. The summed E-state index contributed by atoms with van der Waals surface area (Å²) in [7, 11) is 0. The van der Waals surface area contributed by atoms with Crippen LogP contribution in [0.1, 0.15) is 35.0 Å². The number of aromatic nitrogens is 1. The lowest BCUT2D eigenvalue weighted by molar-refractivity contribution is 0.0524. The van der Waals surface area contributed by atoms with Gasteiger partial charge in [0.1, 0.15) is 17.3 Å². The van der Waals surface area contributed by atoms with Crippen LogP contribution in [0.15, 0.2) is 6.20 Å². The number of alkyl halides is 2. The summed E-state index contributed by atoms with van der Waals surface area (Å²) in [4.78, 5) is 14.6. The van der Waals surface area contributed by atoms with Crippen LogP contribution in [0.5, 0.6) is 5.75 Å². The molecule has 90 valence electrons. The number of hydrogen-bond acceptors (Lipinski definition) is 5. The van der Waals surface area contributed by atoms with Crippen LogP contribution in [-0.2, 0) is 4.74 Å². The molecule has 0 aliphatic rings. The summed E-state index contributed by atoms with van der Waals surface area (Å²) in [6.07, 6.45) is -2.24. The minimum Gasteiger partial charge on any atom is -0.505 e. The van der Waals surface area contributed by atoms with E-state index in [0.717, 1.165) is 6.20 Å². The van der Waals surface area contributed by atoms with Gasteiger partial charge in [-0.25, -0.2) is 13.6 Å². The lowest BCUT2D eigenvalue weighted by Gasteiger charge is -2.08. The molecule has 0 saturated heterocycles. The predicted octanol–water partition coefficient (Wildman–Crippen LogP) is 1.77. The van der Waals surface area contributed by atoms with E-state index in [1.165, 1.54) is 6.07 Å². The minimum atomic E-state index is -3.03. The first kappa shape index (κ1) is 12.8. The number of pyridine rings is 1. The molecule has 0 aliphatic carbocycles. The fourth-order valence-electron chi connectivity index (χ4n) is 1.15. The average Bonchev–Trinajstić information content (AvgIpc) is 2.28. The van der Waals surface area contributed by atoms with E-state index in [-0.39, 0.29) is 12.2 Å². The molecule has 1 aromatic heterocycles. The average molecular weight is 242 g/mol. The SMILES string of the molecule is CCOC(=O)c1cnc(C(F)F)c(O)c1C#N.